The number of nitrogens with one attached hydrogen (secondary N) is 2. The maximum Gasteiger partial charge on any atom is 0.387 e. The number of benzene rings is 2. The molecule has 0 saturated carbocycles. The average Bonchev–Trinajstić information content (AvgIpc) is 3.10. The quantitative estimate of drug-likeness (QED) is 0.543. The summed E-state index contributed by atoms with van der Waals surface area (Å²) in [5.74, 6) is -4.18. The fourth-order valence-corrected chi connectivity index (χ4v) is 3.84. The predicted octanol–water partition coefficient (Wildman–Crippen LogP) is 4.43. The van der Waals surface area contributed by atoms with Crippen LogP contribution in [0, 0.1) is 17.5 Å². The fourth-order valence-electron chi connectivity index (χ4n) is 2.59. The van der Waals surface area contributed by atoms with Gasteiger partial charge in [0.05, 0.1) is 5.69 Å². The van der Waals surface area contributed by atoms with E-state index in [0.717, 1.165) is 6.20 Å². The molecule has 2 N–H and O–H groups in total. The molecule has 154 valence electrons. The smallest absolute Gasteiger partial charge is 0.387 e. The normalized spacial score (nSPS) is 11.7. The molecule has 1 heterocycles. The predicted molar refractivity (Wildman–Crippen MR) is 93.8 cm³/mol. The topological polar surface area (TPSA) is 71.2 Å². The Labute approximate surface area is 162 Å². The van der Waals surface area contributed by atoms with Crippen molar-refractivity contribution in [1.29, 1.82) is 0 Å². The summed E-state index contributed by atoms with van der Waals surface area (Å²) in [7, 11) is -4.36. The van der Waals surface area contributed by atoms with Gasteiger partial charge in [-0.25, -0.2) is 21.6 Å². The number of H-pyrrole nitrogens is 1. The first-order chi connectivity index (χ1) is 13.7. The molecule has 0 spiro atoms. The van der Waals surface area contributed by atoms with Gasteiger partial charge in [0, 0.05) is 30.9 Å². The maximum atomic E-state index is 14.1. The van der Waals surface area contributed by atoms with Crippen LogP contribution in [0.15, 0.2) is 53.7 Å². The van der Waals surface area contributed by atoms with Crippen LogP contribution in [0.5, 0.6) is 5.75 Å². The van der Waals surface area contributed by atoms with Crippen LogP contribution in [0.2, 0.25) is 0 Å². The number of halogens is 5. The highest BCUT2D eigenvalue weighted by Crippen LogP contribution is 2.29. The zero-order valence-corrected chi connectivity index (χ0v) is 15.2. The standard InChI is InChI=1S/C18H13F5N2O3S/c19-12-3-1-10(2-4-12)5-11-8-24-9-17(11)29(26,27)25-15-6-14(21)16(7-13(15)20)28-18(22)23/h1-4,6-9,18,24-25H,5H2. The molecule has 0 aliphatic rings. The van der Waals surface area contributed by atoms with Gasteiger partial charge in [0.2, 0.25) is 0 Å². The van der Waals surface area contributed by atoms with E-state index in [1.165, 1.54) is 30.5 Å². The van der Waals surface area contributed by atoms with E-state index in [1.807, 2.05) is 4.72 Å². The van der Waals surface area contributed by atoms with Crippen LogP contribution >= 0.6 is 0 Å². The zero-order chi connectivity index (χ0) is 21.2. The van der Waals surface area contributed by atoms with Crippen LogP contribution in [-0.2, 0) is 16.4 Å². The van der Waals surface area contributed by atoms with Crippen LogP contribution in [0.3, 0.4) is 0 Å². The number of aromatic amines is 1. The summed E-state index contributed by atoms with van der Waals surface area (Å²) in [4.78, 5) is 2.37. The zero-order valence-electron chi connectivity index (χ0n) is 14.4. The lowest BCUT2D eigenvalue weighted by Crippen LogP contribution is -2.15. The third-order valence-corrected chi connectivity index (χ3v) is 5.32. The Balaban J connectivity index is 1.86. The van der Waals surface area contributed by atoms with Gasteiger partial charge in [0.1, 0.15) is 10.7 Å². The Bertz CT molecular complexity index is 1120. The fraction of sp³-hybridized carbons (Fsp3) is 0.111. The van der Waals surface area contributed by atoms with Gasteiger partial charge < -0.3 is 9.72 Å². The molecule has 29 heavy (non-hydrogen) atoms. The van der Waals surface area contributed by atoms with Crippen LogP contribution in [0.25, 0.3) is 0 Å². The molecule has 11 heteroatoms. The van der Waals surface area contributed by atoms with E-state index in [-0.39, 0.29) is 11.3 Å². The van der Waals surface area contributed by atoms with E-state index >= 15 is 0 Å². The second-order valence-electron chi connectivity index (χ2n) is 5.89. The molecule has 1 aromatic heterocycles. The second-order valence-corrected chi connectivity index (χ2v) is 7.55. The van der Waals surface area contributed by atoms with Crippen LogP contribution < -0.4 is 9.46 Å². The Morgan fingerprint density at radius 1 is 1.00 bits per heavy atom. The summed E-state index contributed by atoms with van der Waals surface area (Å²) in [5, 5.41) is 0. The minimum absolute atomic E-state index is 0.123. The van der Waals surface area contributed by atoms with Crippen molar-refractivity contribution in [3.8, 4) is 5.75 Å². The first kappa shape index (κ1) is 20.6. The minimum atomic E-state index is -4.36. The highest BCUT2D eigenvalue weighted by molar-refractivity contribution is 7.92. The van der Waals surface area contributed by atoms with Crippen LogP contribution in [0.1, 0.15) is 11.1 Å². The van der Waals surface area contributed by atoms with Gasteiger partial charge in [0.15, 0.2) is 17.4 Å². The van der Waals surface area contributed by atoms with Gasteiger partial charge in [0.25, 0.3) is 10.0 Å². The lowest BCUT2D eigenvalue weighted by molar-refractivity contribution is -0.0523. The summed E-state index contributed by atoms with van der Waals surface area (Å²) >= 11 is 0. The Hall–Kier alpha value is -3.08. The second kappa shape index (κ2) is 8.11. The number of sulfonamides is 1. The highest BCUT2D eigenvalue weighted by Gasteiger charge is 2.23. The van der Waals surface area contributed by atoms with Crippen molar-refractivity contribution in [2.24, 2.45) is 0 Å². The van der Waals surface area contributed by atoms with Crippen molar-refractivity contribution < 1.29 is 35.1 Å². The van der Waals surface area contributed by atoms with Gasteiger partial charge in [-0.15, -0.1) is 0 Å². The van der Waals surface area contributed by atoms with E-state index in [2.05, 4.69) is 9.72 Å². The molecule has 0 unspecified atom stereocenters. The molecular weight excluding hydrogens is 419 g/mol. The first-order valence-electron chi connectivity index (χ1n) is 8.02. The molecule has 0 saturated heterocycles. The number of ether oxygens (including phenoxy) is 1. The third kappa shape index (κ3) is 4.86. The molecule has 0 fully saturated rings. The Morgan fingerprint density at radius 2 is 1.69 bits per heavy atom. The molecule has 3 aromatic rings. The van der Waals surface area contributed by atoms with Crippen molar-refractivity contribution in [3.63, 3.8) is 0 Å². The highest BCUT2D eigenvalue weighted by atomic mass is 32.2. The molecule has 0 amide bonds. The molecule has 0 bridgehead atoms. The van der Waals surface area contributed by atoms with Gasteiger partial charge >= 0.3 is 6.61 Å². The number of rotatable bonds is 7. The average molecular weight is 432 g/mol. The number of hydrogen-bond donors (Lipinski definition) is 2. The molecule has 0 aliphatic carbocycles. The summed E-state index contributed by atoms with van der Waals surface area (Å²) in [5.41, 5.74) is 0.133. The van der Waals surface area contributed by atoms with E-state index < -0.39 is 45.5 Å². The number of aromatic nitrogens is 1. The van der Waals surface area contributed by atoms with Gasteiger partial charge in [-0.1, -0.05) is 12.1 Å². The monoisotopic (exact) mass is 432 g/mol. The van der Waals surface area contributed by atoms with Crippen molar-refractivity contribution in [3.05, 3.63) is 77.4 Å². The largest absolute Gasteiger partial charge is 0.432 e. The summed E-state index contributed by atoms with van der Waals surface area (Å²) < 4.78 is 96.2. The molecular formula is C18H13F5N2O3S. The summed E-state index contributed by atoms with van der Waals surface area (Å²) in [6, 6.07) is 6.10. The Morgan fingerprint density at radius 3 is 2.34 bits per heavy atom. The van der Waals surface area contributed by atoms with Crippen LogP contribution in [-0.4, -0.2) is 20.0 Å². The van der Waals surface area contributed by atoms with Crippen molar-refractivity contribution in [1.82, 2.24) is 4.98 Å². The lowest BCUT2D eigenvalue weighted by Gasteiger charge is -2.12. The Kier molecular flexibility index (Phi) is 5.78. The SMILES string of the molecule is O=S(=O)(Nc1cc(F)c(OC(F)F)cc1F)c1c[nH]cc1Cc1ccc(F)cc1. The van der Waals surface area contributed by atoms with Gasteiger partial charge in [-0.2, -0.15) is 8.78 Å². The molecule has 0 radical (unpaired) electrons. The number of alkyl halides is 2. The molecule has 3 rings (SSSR count). The van der Waals surface area contributed by atoms with E-state index in [9.17, 15) is 30.4 Å². The maximum absolute atomic E-state index is 14.1. The van der Waals surface area contributed by atoms with E-state index in [1.54, 1.807) is 0 Å². The molecule has 2 aromatic carbocycles. The molecule has 0 atom stereocenters. The van der Waals surface area contributed by atoms with Gasteiger partial charge in [-0.05, 0) is 23.3 Å². The lowest BCUT2D eigenvalue weighted by atomic mass is 10.1. The number of hydrogen-bond acceptors (Lipinski definition) is 3. The van der Waals surface area contributed by atoms with E-state index in [4.69, 9.17) is 0 Å². The number of anilines is 1. The van der Waals surface area contributed by atoms with E-state index in [0.29, 0.717) is 23.3 Å². The van der Waals surface area contributed by atoms with Crippen molar-refractivity contribution in [2.45, 2.75) is 17.9 Å². The first-order valence-corrected chi connectivity index (χ1v) is 9.51. The molecule has 5 nitrogen and oxygen atoms in total. The minimum Gasteiger partial charge on any atom is -0.432 e. The molecule has 0 aliphatic heterocycles. The van der Waals surface area contributed by atoms with Crippen LogP contribution in [0.4, 0.5) is 27.6 Å². The third-order valence-electron chi connectivity index (χ3n) is 3.87. The van der Waals surface area contributed by atoms with Gasteiger partial charge in [-0.3, -0.25) is 4.72 Å². The summed E-state index contributed by atoms with van der Waals surface area (Å²) in [6.45, 7) is -3.37. The van der Waals surface area contributed by atoms with Crippen molar-refractivity contribution in [2.75, 3.05) is 4.72 Å². The summed E-state index contributed by atoms with van der Waals surface area (Å²) in [6.07, 6.45) is 2.66. The van der Waals surface area contributed by atoms with Crippen molar-refractivity contribution >= 4 is 15.7 Å².